The fourth-order valence-corrected chi connectivity index (χ4v) is 2.87. The standard InChI is InChI=1S/C14H16BrN3O/c15-11-3-4-14(10(6-11)9-19)16-8-12-7-13-2-1-5-18(13)17-12/h3-4,6-7,16,19H,1-2,5,8-9H2. The number of fused-ring (bicyclic) bond motifs is 1. The van der Waals surface area contributed by atoms with E-state index in [4.69, 9.17) is 0 Å². The summed E-state index contributed by atoms with van der Waals surface area (Å²) < 4.78 is 3.06. The van der Waals surface area contributed by atoms with Crippen LogP contribution in [0.2, 0.25) is 0 Å². The number of nitrogens with zero attached hydrogens (tertiary/aromatic N) is 2. The van der Waals surface area contributed by atoms with E-state index in [1.54, 1.807) is 0 Å². The van der Waals surface area contributed by atoms with Crippen LogP contribution in [0.1, 0.15) is 23.4 Å². The van der Waals surface area contributed by atoms with Crippen molar-refractivity contribution in [1.82, 2.24) is 9.78 Å². The summed E-state index contributed by atoms with van der Waals surface area (Å²) in [7, 11) is 0. The average molecular weight is 322 g/mol. The molecule has 0 saturated heterocycles. The predicted molar refractivity (Wildman–Crippen MR) is 77.9 cm³/mol. The van der Waals surface area contributed by atoms with Gasteiger partial charge in [-0.1, -0.05) is 15.9 Å². The maximum absolute atomic E-state index is 9.35. The zero-order valence-electron chi connectivity index (χ0n) is 10.6. The summed E-state index contributed by atoms with van der Waals surface area (Å²) in [5.41, 5.74) is 4.23. The molecule has 0 saturated carbocycles. The summed E-state index contributed by atoms with van der Waals surface area (Å²) in [6, 6.07) is 8.03. The summed E-state index contributed by atoms with van der Waals surface area (Å²) in [6.07, 6.45) is 2.34. The molecule has 0 fully saturated rings. The molecule has 0 amide bonds. The summed E-state index contributed by atoms with van der Waals surface area (Å²) >= 11 is 3.41. The molecule has 0 spiro atoms. The number of hydrogen-bond donors (Lipinski definition) is 2. The minimum atomic E-state index is 0.0292. The monoisotopic (exact) mass is 321 g/mol. The minimum absolute atomic E-state index is 0.0292. The second-order valence-corrected chi connectivity index (χ2v) is 5.68. The lowest BCUT2D eigenvalue weighted by Gasteiger charge is -2.10. The molecule has 4 nitrogen and oxygen atoms in total. The molecule has 0 radical (unpaired) electrons. The molecule has 1 aromatic carbocycles. The molecule has 0 atom stereocenters. The van der Waals surface area contributed by atoms with E-state index in [1.807, 2.05) is 18.2 Å². The van der Waals surface area contributed by atoms with Crippen LogP contribution in [0.5, 0.6) is 0 Å². The van der Waals surface area contributed by atoms with Crippen molar-refractivity contribution in [1.29, 1.82) is 0 Å². The third-order valence-electron chi connectivity index (χ3n) is 3.41. The topological polar surface area (TPSA) is 50.1 Å². The van der Waals surface area contributed by atoms with Crippen LogP contribution in [-0.2, 0) is 26.1 Å². The van der Waals surface area contributed by atoms with Crippen molar-refractivity contribution in [3.05, 3.63) is 45.7 Å². The molecule has 0 bridgehead atoms. The van der Waals surface area contributed by atoms with Gasteiger partial charge in [-0.3, -0.25) is 4.68 Å². The van der Waals surface area contributed by atoms with Gasteiger partial charge >= 0.3 is 0 Å². The number of aliphatic hydroxyl groups is 1. The number of benzene rings is 1. The average Bonchev–Trinajstić information content (AvgIpc) is 2.97. The van der Waals surface area contributed by atoms with E-state index in [-0.39, 0.29) is 6.61 Å². The van der Waals surface area contributed by atoms with Crippen LogP contribution in [0, 0.1) is 0 Å². The van der Waals surface area contributed by atoms with E-state index < -0.39 is 0 Å². The summed E-state index contributed by atoms with van der Waals surface area (Å²) in [5, 5.41) is 17.3. The quantitative estimate of drug-likeness (QED) is 0.910. The zero-order chi connectivity index (χ0) is 13.2. The summed E-state index contributed by atoms with van der Waals surface area (Å²) in [5.74, 6) is 0. The van der Waals surface area contributed by atoms with Gasteiger partial charge in [0.25, 0.3) is 0 Å². The number of aromatic nitrogens is 2. The highest BCUT2D eigenvalue weighted by molar-refractivity contribution is 9.10. The molecule has 2 N–H and O–H groups in total. The van der Waals surface area contributed by atoms with Gasteiger partial charge in [0.1, 0.15) is 0 Å². The number of hydrogen-bond acceptors (Lipinski definition) is 3. The van der Waals surface area contributed by atoms with Gasteiger partial charge < -0.3 is 10.4 Å². The number of aliphatic hydroxyl groups excluding tert-OH is 1. The molecule has 3 rings (SSSR count). The second kappa shape index (κ2) is 5.35. The molecule has 2 aromatic rings. The van der Waals surface area contributed by atoms with E-state index in [0.717, 1.165) is 34.4 Å². The van der Waals surface area contributed by atoms with Gasteiger partial charge in [-0.25, -0.2) is 0 Å². The Morgan fingerprint density at radius 2 is 2.26 bits per heavy atom. The van der Waals surface area contributed by atoms with Crippen LogP contribution >= 0.6 is 15.9 Å². The van der Waals surface area contributed by atoms with E-state index in [2.05, 4.69) is 37.1 Å². The largest absolute Gasteiger partial charge is 0.392 e. The van der Waals surface area contributed by atoms with Crippen LogP contribution in [-0.4, -0.2) is 14.9 Å². The fraction of sp³-hybridized carbons (Fsp3) is 0.357. The van der Waals surface area contributed by atoms with E-state index in [0.29, 0.717) is 6.54 Å². The maximum atomic E-state index is 9.35. The van der Waals surface area contributed by atoms with E-state index in [9.17, 15) is 5.11 Å². The summed E-state index contributed by atoms with van der Waals surface area (Å²) in [4.78, 5) is 0. The molecule has 100 valence electrons. The Bertz CT molecular complexity index is 573. The smallest absolute Gasteiger partial charge is 0.0818 e. The van der Waals surface area contributed by atoms with E-state index in [1.165, 1.54) is 12.1 Å². The lowest BCUT2D eigenvalue weighted by atomic mass is 10.2. The normalized spacial score (nSPS) is 13.6. The van der Waals surface area contributed by atoms with Crippen LogP contribution in [0.3, 0.4) is 0 Å². The number of rotatable bonds is 4. The fourth-order valence-electron chi connectivity index (χ4n) is 2.46. The van der Waals surface area contributed by atoms with Crippen LogP contribution in [0.25, 0.3) is 0 Å². The van der Waals surface area contributed by atoms with Gasteiger partial charge in [-0.2, -0.15) is 5.10 Å². The van der Waals surface area contributed by atoms with Gasteiger partial charge in [-0.05, 0) is 37.1 Å². The number of halogens is 1. The Balaban J connectivity index is 1.71. The molecule has 2 heterocycles. The highest BCUT2D eigenvalue weighted by atomic mass is 79.9. The Morgan fingerprint density at radius 1 is 1.37 bits per heavy atom. The van der Waals surface area contributed by atoms with Crippen molar-refractivity contribution in [2.24, 2.45) is 0 Å². The first-order chi connectivity index (χ1) is 9.26. The maximum Gasteiger partial charge on any atom is 0.0818 e. The molecule has 0 aliphatic carbocycles. The second-order valence-electron chi connectivity index (χ2n) is 4.77. The number of nitrogens with one attached hydrogen (secondary N) is 1. The van der Waals surface area contributed by atoms with Crippen molar-refractivity contribution >= 4 is 21.6 Å². The highest BCUT2D eigenvalue weighted by Crippen LogP contribution is 2.22. The molecular formula is C14H16BrN3O. The zero-order valence-corrected chi connectivity index (χ0v) is 12.2. The molecule has 19 heavy (non-hydrogen) atoms. The highest BCUT2D eigenvalue weighted by Gasteiger charge is 2.13. The lowest BCUT2D eigenvalue weighted by molar-refractivity contribution is 0.282. The Kier molecular flexibility index (Phi) is 3.57. The SMILES string of the molecule is OCc1cc(Br)ccc1NCc1cc2n(n1)CCC2. The van der Waals surface area contributed by atoms with Gasteiger partial charge in [0, 0.05) is 28.0 Å². The predicted octanol–water partition coefficient (Wildman–Crippen LogP) is 2.70. The van der Waals surface area contributed by atoms with Crippen LogP contribution < -0.4 is 5.32 Å². The first kappa shape index (κ1) is 12.7. The molecular weight excluding hydrogens is 306 g/mol. The first-order valence-electron chi connectivity index (χ1n) is 6.45. The third-order valence-corrected chi connectivity index (χ3v) is 3.91. The van der Waals surface area contributed by atoms with Crippen molar-refractivity contribution in [3.63, 3.8) is 0 Å². The molecule has 5 heteroatoms. The first-order valence-corrected chi connectivity index (χ1v) is 7.24. The van der Waals surface area contributed by atoms with Gasteiger partial charge in [0.15, 0.2) is 0 Å². The van der Waals surface area contributed by atoms with Gasteiger partial charge in [0.05, 0.1) is 18.8 Å². The van der Waals surface area contributed by atoms with Gasteiger partial charge in [-0.15, -0.1) is 0 Å². The number of aryl methyl sites for hydroxylation is 2. The van der Waals surface area contributed by atoms with Gasteiger partial charge in [0.2, 0.25) is 0 Å². The molecule has 1 aromatic heterocycles. The number of anilines is 1. The molecule has 1 aliphatic rings. The minimum Gasteiger partial charge on any atom is -0.392 e. The van der Waals surface area contributed by atoms with E-state index >= 15 is 0 Å². The van der Waals surface area contributed by atoms with Crippen molar-refractivity contribution in [3.8, 4) is 0 Å². The Labute approximate surface area is 120 Å². The Hall–Kier alpha value is -1.33. The lowest BCUT2D eigenvalue weighted by Crippen LogP contribution is -2.04. The van der Waals surface area contributed by atoms with Crippen LogP contribution in [0.4, 0.5) is 5.69 Å². The summed E-state index contributed by atoms with van der Waals surface area (Å²) in [6.45, 7) is 1.76. The van der Waals surface area contributed by atoms with Crippen molar-refractivity contribution < 1.29 is 5.11 Å². The Morgan fingerprint density at radius 3 is 3.05 bits per heavy atom. The third kappa shape index (κ3) is 2.67. The van der Waals surface area contributed by atoms with Crippen LogP contribution in [0.15, 0.2) is 28.7 Å². The van der Waals surface area contributed by atoms with Crippen molar-refractivity contribution in [2.75, 3.05) is 5.32 Å². The molecule has 0 unspecified atom stereocenters. The van der Waals surface area contributed by atoms with Crippen molar-refractivity contribution in [2.45, 2.75) is 32.5 Å². The molecule has 1 aliphatic heterocycles.